The molecule has 106 valence electrons. The predicted octanol–water partition coefficient (Wildman–Crippen LogP) is 3.16. The molecule has 3 heteroatoms. The molecular formula is C16H24FNO. The SMILES string of the molecule is CCCNC(Cc1ccc(F)cc1)C1CCOCC1. The van der Waals surface area contributed by atoms with Crippen molar-refractivity contribution < 1.29 is 9.13 Å². The normalized spacial score (nSPS) is 18.4. The standard InChI is InChI=1S/C16H24FNO/c1-2-9-18-16(14-7-10-19-11-8-14)12-13-3-5-15(17)6-4-13/h3-6,14,16,18H,2,7-12H2,1H3. The van der Waals surface area contributed by atoms with E-state index in [1.807, 2.05) is 12.1 Å². The van der Waals surface area contributed by atoms with E-state index in [2.05, 4.69) is 12.2 Å². The van der Waals surface area contributed by atoms with Crippen LogP contribution in [-0.2, 0) is 11.2 Å². The number of benzene rings is 1. The molecule has 1 saturated heterocycles. The molecule has 2 rings (SSSR count). The average molecular weight is 265 g/mol. The molecule has 0 bridgehead atoms. The first-order valence-electron chi connectivity index (χ1n) is 7.35. The van der Waals surface area contributed by atoms with Gasteiger partial charge in [-0.3, -0.25) is 0 Å². The van der Waals surface area contributed by atoms with Crippen molar-refractivity contribution in [3.05, 3.63) is 35.6 Å². The summed E-state index contributed by atoms with van der Waals surface area (Å²) in [7, 11) is 0. The summed E-state index contributed by atoms with van der Waals surface area (Å²) in [6.45, 7) is 4.98. The Morgan fingerprint density at radius 1 is 1.26 bits per heavy atom. The number of halogens is 1. The molecule has 19 heavy (non-hydrogen) atoms. The first-order valence-corrected chi connectivity index (χ1v) is 7.35. The largest absolute Gasteiger partial charge is 0.381 e. The quantitative estimate of drug-likeness (QED) is 0.853. The highest BCUT2D eigenvalue weighted by Gasteiger charge is 2.23. The van der Waals surface area contributed by atoms with E-state index >= 15 is 0 Å². The van der Waals surface area contributed by atoms with Crippen LogP contribution in [0.25, 0.3) is 0 Å². The van der Waals surface area contributed by atoms with E-state index in [4.69, 9.17) is 4.74 Å². The summed E-state index contributed by atoms with van der Waals surface area (Å²) in [5.41, 5.74) is 1.21. The molecule has 0 saturated carbocycles. The van der Waals surface area contributed by atoms with E-state index < -0.39 is 0 Å². The van der Waals surface area contributed by atoms with Gasteiger partial charge in [-0.2, -0.15) is 0 Å². The Bertz CT molecular complexity index is 360. The van der Waals surface area contributed by atoms with Gasteiger partial charge in [0.25, 0.3) is 0 Å². The third-order valence-electron chi connectivity index (χ3n) is 3.86. The fourth-order valence-corrected chi connectivity index (χ4v) is 2.73. The maximum absolute atomic E-state index is 12.9. The molecule has 0 aromatic heterocycles. The second-order valence-electron chi connectivity index (χ2n) is 5.34. The molecule has 1 aliphatic rings. The second kappa shape index (κ2) is 7.61. The highest BCUT2D eigenvalue weighted by atomic mass is 19.1. The molecule has 0 spiro atoms. The van der Waals surface area contributed by atoms with Crippen LogP contribution < -0.4 is 5.32 Å². The molecule has 1 atom stereocenters. The maximum atomic E-state index is 12.9. The van der Waals surface area contributed by atoms with Crippen molar-refractivity contribution >= 4 is 0 Å². The van der Waals surface area contributed by atoms with Crippen LogP contribution in [-0.4, -0.2) is 25.8 Å². The van der Waals surface area contributed by atoms with Crippen LogP contribution in [0.5, 0.6) is 0 Å². The van der Waals surface area contributed by atoms with Gasteiger partial charge in [-0.15, -0.1) is 0 Å². The van der Waals surface area contributed by atoms with Crippen molar-refractivity contribution in [2.24, 2.45) is 5.92 Å². The van der Waals surface area contributed by atoms with Crippen LogP contribution in [0.1, 0.15) is 31.7 Å². The van der Waals surface area contributed by atoms with Gasteiger partial charge in [0, 0.05) is 19.3 Å². The Morgan fingerprint density at radius 2 is 1.95 bits per heavy atom. The zero-order valence-corrected chi connectivity index (χ0v) is 11.7. The summed E-state index contributed by atoms with van der Waals surface area (Å²) in [6, 6.07) is 7.38. The van der Waals surface area contributed by atoms with Gasteiger partial charge >= 0.3 is 0 Å². The van der Waals surface area contributed by atoms with Gasteiger partial charge in [0.2, 0.25) is 0 Å². The van der Waals surface area contributed by atoms with Crippen LogP contribution in [0.3, 0.4) is 0 Å². The number of hydrogen-bond donors (Lipinski definition) is 1. The summed E-state index contributed by atoms with van der Waals surface area (Å²) in [5, 5.41) is 3.65. The third kappa shape index (κ3) is 4.59. The van der Waals surface area contributed by atoms with Gasteiger partial charge in [0.05, 0.1) is 0 Å². The van der Waals surface area contributed by atoms with E-state index in [1.165, 1.54) is 5.56 Å². The molecule has 1 N–H and O–H groups in total. The number of nitrogens with one attached hydrogen (secondary N) is 1. The fraction of sp³-hybridized carbons (Fsp3) is 0.625. The Labute approximate surface area is 115 Å². The number of hydrogen-bond acceptors (Lipinski definition) is 2. The van der Waals surface area contributed by atoms with Crippen molar-refractivity contribution in [2.75, 3.05) is 19.8 Å². The van der Waals surface area contributed by atoms with E-state index in [9.17, 15) is 4.39 Å². The van der Waals surface area contributed by atoms with Gasteiger partial charge in [0.1, 0.15) is 5.82 Å². The highest BCUT2D eigenvalue weighted by molar-refractivity contribution is 5.17. The highest BCUT2D eigenvalue weighted by Crippen LogP contribution is 2.22. The van der Waals surface area contributed by atoms with E-state index in [-0.39, 0.29) is 5.82 Å². The average Bonchev–Trinajstić information content (AvgIpc) is 2.46. The first-order chi connectivity index (χ1) is 9.29. The Kier molecular flexibility index (Phi) is 5.80. The first kappa shape index (κ1) is 14.5. The minimum Gasteiger partial charge on any atom is -0.381 e. The van der Waals surface area contributed by atoms with Gasteiger partial charge in [-0.25, -0.2) is 4.39 Å². The third-order valence-corrected chi connectivity index (χ3v) is 3.86. The van der Waals surface area contributed by atoms with Gasteiger partial charge < -0.3 is 10.1 Å². The Balaban J connectivity index is 1.97. The molecule has 1 heterocycles. The van der Waals surface area contributed by atoms with Gasteiger partial charge in [-0.1, -0.05) is 19.1 Å². The molecule has 2 nitrogen and oxygen atoms in total. The van der Waals surface area contributed by atoms with Crippen LogP contribution >= 0.6 is 0 Å². The lowest BCUT2D eigenvalue weighted by molar-refractivity contribution is 0.0538. The molecule has 0 amide bonds. The zero-order valence-electron chi connectivity index (χ0n) is 11.7. The molecule has 0 radical (unpaired) electrons. The van der Waals surface area contributed by atoms with Crippen molar-refractivity contribution in [3.63, 3.8) is 0 Å². The topological polar surface area (TPSA) is 21.3 Å². The van der Waals surface area contributed by atoms with E-state index in [0.29, 0.717) is 12.0 Å². The van der Waals surface area contributed by atoms with Crippen molar-refractivity contribution in [1.29, 1.82) is 0 Å². The molecular weight excluding hydrogens is 241 g/mol. The lowest BCUT2D eigenvalue weighted by atomic mass is 9.87. The molecule has 1 unspecified atom stereocenters. The summed E-state index contributed by atoms with van der Waals surface area (Å²) in [4.78, 5) is 0. The molecule has 1 aromatic carbocycles. The van der Waals surface area contributed by atoms with Gasteiger partial charge in [-0.05, 0) is 55.8 Å². The minimum atomic E-state index is -0.159. The van der Waals surface area contributed by atoms with Crippen LogP contribution in [0.15, 0.2) is 24.3 Å². The van der Waals surface area contributed by atoms with Crippen LogP contribution in [0.2, 0.25) is 0 Å². The van der Waals surface area contributed by atoms with E-state index in [1.54, 1.807) is 12.1 Å². The fourth-order valence-electron chi connectivity index (χ4n) is 2.73. The Hall–Kier alpha value is -0.930. The Morgan fingerprint density at radius 3 is 2.58 bits per heavy atom. The van der Waals surface area contributed by atoms with Crippen LogP contribution in [0, 0.1) is 11.7 Å². The summed E-state index contributed by atoms with van der Waals surface area (Å²) >= 11 is 0. The van der Waals surface area contributed by atoms with Crippen molar-refractivity contribution in [1.82, 2.24) is 5.32 Å². The summed E-state index contributed by atoms with van der Waals surface area (Å²) in [6.07, 6.45) is 4.37. The van der Waals surface area contributed by atoms with E-state index in [0.717, 1.165) is 45.4 Å². The lowest BCUT2D eigenvalue weighted by Gasteiger charge is -2.31. The molecule has 0 aliphatic carbocycles. The maximum Gasteiger partial charge on any atom is 0.123 e. The molecule has 1 aliphatic heterocycles. The van der Waals surface area contributed by atoms with Gasteiger partial charge in [0.15, 0.2) is 0 Å². The number of rotatable bonds is 6. The molecule has 1 fully saturated rings. The summed E-state index contributed by atoms with van der Waals surface area (Å²) < 4.78 is 18.4. The van der Waals surface area contributed by atoms with Crippen molar-refractivity contribution in [2.45, 2.75) is 38.6 Å². The molecule has 1 aromatic rings. The lowest BCUT2D eigenvalue weighted by Crippen LogP contribution is -2.41. The number of ether oxygens (including phenoxy) is 1. The van der Waals surface area contributed by atoms with Crippen molar-refractivity contribution in [3.8, 4) is 0 Å². The second-order valence-corrected chi connectivity index (χ2v) is 5.34. The minimum absolute atomic E-state index is 0.159. The zero-order chi connectivity index (χ0) is 13.5. The smallest absolute Gasteiger partial charge is 0.123 e. The summed E-state index contributed by atoms with van der Waals surface area (Å²) in [5.74, 6) is 0.512. The monoisotopic (exact) mass is 265 g/mol. The van der Waals surface area contributed by atoms with Crippen LogP contribution in [0.4, 0.5) is 4.39 Å². The predicted molar refractivity (Wildman–Crippen MR) is 75.7 cm³/mol.